The molecule has 2 N–H and O–H groups in total. The Morgan fingerprint density at radius 1 is 1.09 bits per heavy atom. The first-order chi connectivity index (χ1) is 10.5. The fourth-order valence-electron chi connectivity index (χ4n) is 1.52. The van der Waals surface area contributed by atoms with Crippen molar-refractivity contribution >= 4 is 35.3 Å². The second-order valence-corrected chi connectivity index (χ2v) is 4.65. The minimum Gasteiger partial charge on any atom is -0.318 e. The van der Waals surface area contributed by atoms with Gasteiger partial charge < -0.3 is 5.32 Å². The van der Waals surface area contributed by atoms with Gasteiger partial charge in [-0.2, -0.15) is 5.10 Å². The van der Waals surface area contributed by atoms with Crippen LogP contribution in [0.15, 0.2) is 53.6 Å². The quantitative estimate of drug-likeness (QED) is 0.518. The lowest BCUT2D eigenvalue weighted by Gasteiger charge is -2.03. The average molecular weight is 320 g/mol. The molecule has 5 nitrogen and oxygen atoms in total. The van der Waals surface area contributed by atoms with Crippen LogP contribution in [0.5, 0.6) is 0 Å². The number of hydrogen-bond donors (Lipinski definition) is 2. The molecule has 0 spiro atoms. The number of amides is 2. The maximum absolute atomic E-state index is 13.0. The molecule has 2 rings (SSSR count). The molecule has 0 aliphatic rings. The monoisotopic (exact) mass is 319 g/mol. The molecular weight excluding hydrogens is 309 g/mol. The number of halogens is 2. The third-order valence-electron chi connectivity index (χ3n) is 2.54. The summed E-state index contributed by atoms with van der Waals surface area (Å²) in [7, 11) is 0. The number of carbonyl (C=O) groups excluding carboxylic acids is 2. The fraction of sp³-hybridized carbons (Fsp3) is 0. The molecule has 7 heteroatoms. The molecule has 0 fully saturated rings. The molecule has 0 saturated heterocycles. The smallest absolute Gasteiger partial charge is 0.318 e. The molecule has 2 aromatic carbocycles. The molecule has 2 aromatic rings. The highest BCUT2D eigenvalue weighted by Crippen LogP contribution is 2.09. The summed E-state index contributed by atoms with van der Waals surface area (Å²) < 4.78 is 13.0. The van der Waals surface area contributed by atoms with Crippen molar-refractivity contribution < 1.29 is 14.0 Å². The largest absolute Gasteiger partial charge is 0.329 e. The molecule has 112 valence electrons. The van der Waals surface area contributed by atoms with Crippen molar-refractivity contribution in [3.05, 3.63) is 64.9 Å². The van der Waals surface area contributed by atoms with Crippen molar-refractivity contribution in [2.75, 3.05) is 5.32 Å². The summed E-state index contributed by atoms with van der Waals surface area (Å²) in [4.78, 5) is 23.1. The van der Waals surface area contributed by atoms with Gasteiger partial charge in [0.15, 0.2) is 0 Å². The number of hydrazone groups is 1. The predicted molar refractivity (Wildman–Crippen MR) is 82.2 cm³/mol. The highest BCUT2D eigenvalue weighted by Gasteiger charge is 2.12. The summed E-state index contributed by atoms with van der Waals surface area (Å²) in [5.41, 5.74) is 2.96. The Bertz CT molecular complexity index is 717. The Kier molecular flexibility index (Phi) is 5.21. The SMILES string of the molecule is O=C(N/N=C/c1ccc(Cl)cc1)C(=O)Nc1cccc(F)c1. The summed E-state index contributed by atoms with van der Waals surface area (Å²) >= 11 is 5.73. The minimum atomic E-state index is -0.963. The van der Waals surface area contributed by atoms with Crippen molar-refractivity contribution in [1.29, 1.82) is 0 Å². The van der Waals surface area contributed by atoms with E-state index in [0.29, 0.717) is 10.6 Å². The first-order valence-electron chi connectivity index (χ1n) is 6.20. The number of benzene rings is 2. The number of hydrogen-bond acceptors (Lipinski definition) is 3. The second-order valence-electron chi connectivity index (χ2n) is 4.22. The van der Waals surface area contributed by atoms with Gasteiger partial charge >= 0.3 is 11.8 Å². The van der Waals surface area contributed by atoms with E-state index in [-0.39, 0.29) is 5.69 Å². The van der Waals surface area contributed by atoms with Gasteiger partial charge in [0.1, 0.15) is 5.82 Å². The highest BCUT2D eigenvalue weighted by atomic mass is 35.5. The van der Waals surface area contributed by atoms with Gasteiger partial charge in [-0.15, -0.1) is 0 Å². The van der Waals surface area contributed by atoms with Gasteiger partial charge in [0.25, 0.3) is 0 Å². The van der Waals surface area contributed by atoms with E-state index in [2.05, 4.69) is 15.8 Å². The van der Waals surface area contributed by atoms with Crippen LogP contribution in [0.2, 0.25) is 5.02 Å². The van der Waals surface area contributed by atoms with Crippen LogP contribution in [-0.4, -0.2) is 18.0 Å². The first kappa shape index (κ1) is 15.7. The van der Waals surface area contributed by atoms with Crippen molar-refractivity contribution in [2.45, 2.75) is 0 Å². The third kappa shape index (κ3) is 4.68. The van der Waals surface area contributed by atoms with Crippen LogP contribution < -0.4 is 10.7 Å². The number of carbonyl (C=O) groups is 2. The standard InChI is InChI=1S/C15H11ClFN3O2/c16-11-6-4-10(5-7-11)9-18-20-15(22)14(21)19-13-3-1-2-12(17)8-13/h1-9H,(H,19,21)(H,20,22)/b18-9+. The van der Waals surface area contributed by atoms with E-state index in [0.717, 1.165) is 6.07 Å². The van der Waals surface area contributed by atoms with Gasteiger partial charge in [-0.05, 0) is 35.9 Å². The molecule has 22 heavy (non-hydrogen) atoms. The predicted octanol–water partition coefficient (Wildman–Crippen LogP) is 2.57. The van der Waals surface area contributed by atoms with Crippen LogP contribution in [0.4, 0.5) is 10.1 Å². The van der Waals surface area contributed by atoms with Crippen LogP contribution in [0.1, 0.15) is 5.56 Å². The number of nitrogens with one attached hydrogen (secondary N) is 2. The third-order valence-corrected chi connectivity index (χ3v) is 2.79. The fourth-order valence-corrected chi connectivity index (χ4v) is 1.65. The van der Waals surface area contributed by atoms with Gasteiger partial charge in [0, 0.05) is 10.7 Å². The van der Waals surface area contributed by atoms with Crippen LogP contribution in [0, 0.1) is 5.82 Å². The lowest BCUT2D eigenvalue weighted by Crippen LogP contribution is -2.32. The molecule has 2 amide bonds. The first-order valence-corrected chi connectivity index (χ1v) is 6.58. The van der Waals surface area contributed by atoms with Crippen molar-refractivity contribution in [3.8, 4) is 0 Å². The molecule has 0 aromatic heterocycles. The molecule has 0 radical (unpaired) electrons. The van der Waals surface area contributed by atoms with E-state index in [4.69, 9.17) is 11.6 Å². The van der Waals surface area contributed by atoms with E-state index in [1.54, 1.807) is 24.3 Å². The number of rotatable bonds is 3. The van der Waals surface area contributed by atoms with Gasteiger partial charge in [0.2, 0.25) is 0 Å². The Balaban J connectivity index is 1.89. The van der Waals surface area contributed by atoms with Gasteiger partial charge in [0.05, 0.1) is 6.21 Å². The summed E-state index contributed by atoms with van der Waals surface area (Å²) in [6.45, 7) is 0. The maximum Gasteiger partial charge on any atom is 0.329 e. The maximum atomic E-state index is 13.0. The topological polar surface area (TPSA) is 70.6 Å². The zero-order valence-corrected chi connectivity index (χ0v) is 12.0. The molecule has 0 heterocycles. The molecule has 0 unspecified atom stereocenters. The Labute approximate surface area is 130 Å². The Morgan fingerprint density at radius 3 is 2.50 bits per heavy atom. The van der Waals surface area contributed by atoms with Gasteiger partial charge in [-0.1, -0.05) is 29.8 Å². The van der Waals surface area contributed by atoms with Crippen molar-refractivity contribution in [2.24, 2.45) is 5.10 Å². The molecular formula is C15H11ClFN3O2. The normalized spacial score (nSPS) is 10.5. The molecule has 0 bridgehead atoms. The van der Waals surface area contributed by atoms with Gasteiger partial charge in [-0.3, -0.25) is 9.59 Å². The second kappa shape index (κ2) is 7.33. The zero-order chi connectivity index (χ0) is 15.9. The molecule has 0 atom stereocenters. The summed E-state index contributed by atoms with van der Waals surface area (Å²) in [5, 5.41) is 6.48. The van der Waals surface area contributed by atoms with Crippen LogP contribution in [0.3, 0.4) is 0 Å². The Hall–Kier alpha value is -2.73. The average Bonchev–Trinajstić information content (AvgIpc) is 2.49. The van der Waals surface area contributed by atoms with Crippen LogP contribution in [-0.2, 0) is 9.59 Å². The minimum absolute atomic E-state index is 0.182. The van der Waals surface area contributed by atoms with E-state index in [1.165, 1.54) is 24.4 Å². The Morgan fingerprint density at radius 2 is 1.82 bits per heavy atom. The van der Waals surface area contributed by atoms with Crippen LogP contribution >= 0.6 is 11.6 Å². The number of anilines is 1. The summed E-state index contributed by atoms with van der Waals surface area (Å²) in [5.74, 6) is -2.42. The van der Waals surface area contributed by atoms with E-state index in [1.807, 2.05) is 0 Å². The molecule has 0 aliphatic carbocycles. The van der Waals surface area contributed by atoms with Crippen LogP contribution in [0.25, 0.3) is 0 Å². The number of nitrogens with zero attached hydrogens (tertiary/aromatic N) is 1. The zero-order valence-electron chi connectivity index (χ0n) is 11.2. The lowest BCUT2D eigenvalue weighted by atomic mass is 10.2. The molecule has 0 aliphatic heterocycles. The lowest BCUT2D eigenvalue weighted by molar-refractivity contribution is -0.136. The van der Waals surface area contributed by atoms with Crippen molar-refractivity contribution in [1.82, 2.24) is 5.43 Å². The van der Waals surface area contributed by atoms with E-state index < -0.39 is 17.6 Å². The van der Waals surface area contributed by atoms with E-state index >= 15 is 0 Å². The van der Waals surface area contributed by atoms with Gasteiger partial charge in [-0.25, -0.2) is 9.82 Å². The van der Waals surface area contributed by atoms with E-state index in [9.17, 15) is 14.0 Å². The molecule has 0 saturated carbocycles. The summed E-state index contributed by atoms with van der Waals surface area (Å²) in [6.07, 6.45) is 1.36. The van der Waals surface area contributed by atoms with Crippen molar-refractivity contribution in [3.63, 3.8) is 0 Å². The summed E-state index contributed by atoms with van der Waals surface area (Å²) in [6, 6.07) is 11.9. The highest BCUT2D eigenvalue weighted by molar-refractivity contribution is 6.39.